The van der Waals surface area contributed by atoms with Crippen LogP contribution in [0, 0.1) is 0 Å². The van der Waals surface area contributed by atoms with Gasteiger partial charge in [-0.3, -0.25) is 9.59 Å². The highest BCUT2D eigenvalue weighted by atomic mass is 35.5. The lowest BCUT2D eigenvalue weighted by atomic mass is 9.88. The number of pyridine rings is 1. The SMILES string of the molecule is CC(=O)Nc1cc(CCN2CCC3(CC2)CN(c2ccccc2)C(=O)C(C)O3)ccn1.Cl. The summed E-state index contributed by atoms with van der Waals surface area (Å²) in [4.78, 5) is 32.5. The fourth-order valence-corrected chi connectivity index (χ4v) is 4.50. The zero-order chi connectivity index (χ0) is 21.8. The van der Waals surface area contributed by atoms with Gasteiger partial charge in [-0.15, -0.1) is 12.4 Å². The first kappa shape index (κ1) is 24.2. The number of carbonyl (C=O) groups excluding carboxylic acids is 2. The number of amides is 2. The Labute approximate surface area is 195 Å². The summed E-state index contributed by atoms with van der Waals surface area (Å²) in [6.07, 6.45) is 4.01. The molecule has 2 fully saturated rings. The topological polar surface area (TPSA) is 74.8 Å². The molecular weight excluding hydrogens is 428 g/mol. The standard InChI is InChI=1S/C24H30N4O3.ClH/c1-18-23(30)28(21-6-4-3-5-7-21)17-24(31-18)10-14-27(15-11-24)13-9-20-8-12-25-22(16-20)26-19(2)29;/h3-8,12,16,18H,9-11,13-15,17H2,1-2H3,(H,25,26,29);1H. The molecule has 2 aliphatic rings. The molecule has 7 nitrogen and oxygen atoms in total. The second kappa shape index (κ2) is 10.4. The number of hydrogen-bond acceptors (Lipinski definition) is 5. The van der Waals surface area contributed by atoms with Gasteiger partial charge in [-0.2, -0.15) is 0 Å². The summed E-state index contributed by atoms with van der Waals surface area (Å²) < 4.78 is 6.28. The third-order valence-electron chi connectivity index (χ3n) is 6.17. The first-order valence-electron chi connectivity index (χ1n) is 10.9. The van der Waals surface area contributed by atoms with Crippen molar-refractivity contribution in [2.24, 2.45) is 0 Å². The zero-order valence-corrected chi connectivity index (χ0v) is 19.4. The van der Waals surface area contributed by atoms with Crippen LogP contribution in [0.5, 0.6) is 0 Å². The van der Waals surface area contributed by atoms with E-state index in [1.54, 1.807) is 6.20 Å². The van der Waals surface area contributed by atoms with E-state index >= 15 is 0 Å². The van der Waals surface area contributed by atoms with E-state index in [9.17, 15) is 9.59 Å². The molecule has 2 aliphatic heterocycles. The van der Waals surface area contributed by atoms with E-state index in [0.717, 1.165) is 50.1 Å². The van der Waals surface area contributed by atoms with Crippen LogP contribution in [0.4, 0.5) is 11.5 Å². The first-order chi connectivity index (χ1) is 14.9. The number of ether oxygens (including phenoxy) is 1. The van der Waals surface area contributed by atoms with Gasteiger partial charge >= 0.3 is 0 Å². The minimum absolute atomic E-state index is 0. The van der Waals surface area contributed by atoms with Crippen LogP contribution in [0.15, 0.2) is 48.7 Å². The number of benzene rings is 1. The highest BCUT2D eigenvalue weighted by molar-refractivity contribution is 5.97. The molecule has 0 radical (unpaired) electrons. The molecule has 3 heterocycles. The molecule has 1 aromatic carbocycles. The Morgan fingerprint density at radius 3 is 2.62 bits per heavy atom. The van der Waals surface area contributed by atoms with Gasteiger partial charge < -0.3 is 19.9 Å². The number of carbonyl (C=O) groups is 2. The number of piperidine rings is 1. The number of anilines is 2. The number of likely N-dealkylation sites (tertiary alicyclic amines) is 1. The molecule has 1 spiro atoms. The fraction of sp³-hybridized carbons (Fsp3) is 0.458. The number of aromatic nitrogens is 1. The van der Waals surface area contributed by atoms with E-state index < -0.39 is 6.10 Å². The van der Waals surface area contributed by atoms with Crippen molar-refractivity contribution in [1.82, 2.24) is 9.88 Å². The van der Waals surface area contributed by atoms with Gasteiger partial charge in [-0.1, -0.05) is 18.2 Å². The van der Waals surface area contributed by atoms with Crippen LogP contribution < -0.4 is 10.2 Å². The summed E-state index contributed by atoms with van der Waals surface area (Å²) in [5.74, 6) is 0.514. The molecule has 2 amide bonds. The molecule has 32 heavy (non-hydrogen) atoms. The summed E-state index contributed by atoms with van der Waals surface area (Å²) in [7, 11) is 0. The van der Waals surface area contributed by atoms with Gasteiger partial charge in [0, 0.05) is 38.4 Å². The Morgan fingerprint density at radius 1 is 1.22 bits per heavy atom. The lowest BCUT2D eigenvalue weighted by molar-refractivity contribution is -0.161. The smallest absolute Gasteiger partial charge is 0.255 e. The van der Waals surface area contributed by atoms with E-state index in [2.05, 4.69) is 15.2 Å². The lowest BCUT2D eigenvalue weighted by Gasteiger charge is -2.49. The van der Waals surface area contributed by atoms with Crippen molar-refractivity contribution >= 4 is 35.7 Å². The monoisotopic (exact) mass is 458 g/mol. The van der Waals surface area contributed by atoms with Crippen LogP contribution in [0.2, 0.25) is 0 Å². The van der Waals surface area contributed by atoms with Gasteiger partial charge in [0.15, 0.2) is 0 Å². The van der Waals surface area contributed by atoms with Crippen LogP contribution in [0.1, 0.15) is 32.3 Å². The predicted molar refractivity (Wildman–Crippen MR) is 127 cm³/mol. The van der Waals surface area contributed by atoms with E-state index in [-0.39, 0.29) is 29.8 Å². The molecule has 1 atom stereocenters. The van der Waals surface area contributed by atoms with Crippen LogP contribution in [-0.2, 0) is 20.7 Å². The minimum Gasteiger partial charge on any atom is -0.360 e. The Balaban J connectivity index is 0.00000289. The quantitative estimate of drug-likeness (QED) is 0.744. The van der Waals surface area contributed by atoms with Gasteiger partial charge in [-0.05, 0) is 56.0 Å². The molecule has 8 heteroatoms. The molecule has 172 valence electrons. The van der Waals surface area contributed by atoms with E-state index in [0.29, 0.717) is 12.4 Å². The maximum absolute atomic E-state index is 12.7. The van der Waals surface area contributed by atoms with Crippen molar-refractivity contribution in [1.29, 1.82) is 0 Å². The summed E-state index contributed by atoms with van der Waals surface area (Å²) >= 11 is 0. The molecule has 4 rings (SSSR count). The van der Waals surface area contributed by atoms with Crippen LogP contribution in [-0.4, -0.2) is 59.6 Å². The second-order valence-electron chi connectivity index (χ2n) is 8.53. The average Bonchev–Trinajstić information content (AvgIpc) is 2.76. The first-order valence-corrected chi connectivity index (χ1v) is 10.9. The molecular formula is C24H31ClN4O3. The summed E-state index contributed by atoms with van der Waals surface area (Å²) in [6, 6.07) is 13.8. The van der Waals surface area contributed by atoms with Crippen molar-refractivity contribution in [2.45, 2.75) is 44.8 Å². The summed E-state index contributed by atoms with van der Waals surface area (Å²) in [5, 5.41) is 2.73. The third kappa shape index (κ3) is 5.65. The van der Waals surface area contributed by atoms with Gasteiger partial charge in [0.1, 0.15) is 11.9 Å². The summed E-state index contributed by atoms with van der Waals surface area (Å²) in [6.45, 7) is 6.77. The zero-order valence-electron chi connectivity index (χ0n) is 18.6. The largest absolute Gasteiger partial charge is 0.360 e. The normalized spacial score (nSPS) is 20.6. The molecule has 1 unspecified atom stereocenters. The highest BCUT2D eigenvalue weighted by Crippen LogP contribution is 2.35. The molecule has 1 N–H and O–H groups in total. The molecule has 0 aliphatic carbocycles. The average molecular weight is 459 g/mol. The van der Waals surface area contributed by atoms with Gasteiger partial charge in [0.2, 0.25) is 5.91 Å². The number of hydrogen-bond donors (Lipinski definition) is 1. The third-order valence-corrected chi connectivity index (χ3v) is 6.17. The summed E-state index contributed by atoms with van der Waals surface area (Å²) in [5.41, 5.74) is 1.81. The number of halogens is 1. The highest BCUT2D eigenvalue weighted by Gasteiger charge is 2.45. The number of para-hydroxylation sites is 1. The van der Waals surface area contributed by atoms with Gasteiger partial charge in [-0.25, -0.2) is 4.98 Å². The van der Waals surface area contributed by atoms with E-state index in [1.165, 1.54) is 6.92 Å². The van der Waals surface area contributed by atoms with Crippen molar-refractivity contribution in [3.63, 3.8) is 0 Å². The maximum Gasteiger partial charge on any atom is 0.255 e. The van der Waals surface area contributed by atoms with E-state index in [4.69, 9.17) is 4.74 Å². The number of nitrogens with zero attached hydrogens (tertiary/aromatic N) is 3. The van der Waals surface area contributed by atoms with Crippen molar-refractivity contribution in [3.05, 3.63) is 54.2 Å². The number of rotatable bonds is 5. The van der Waals surface area contributed by atoms with Crippen LogP contribution >= 0.6 is 12.4 Å². The van der Waals surface area contributed by atoms with Crippen molar-refractivity contribution < 1.29 is 14.3 Å². The lowest BCUT2D eigenvalue weighted by Crippen LogP contribution is -2.61. The van der Waals surface area contributed by atoms with Crippen LogP contribution in [0.25, 0.3) is 0 Å². The molecule has 0 saturated carbocycles. The Hall–Kier alpha value is -2.48. The molecule has 0 bridgehead atoms. The van der Waals surface area contributed by atoms with Crippen molar-refractivity contribution in [3.8, 4) is 0 Å². The predicted octanol–water partition coefficient (Wildman–Crippen LogP) is 3.29. The second-order valence-corrected chi connectivity index (χ2v) is 8.53. The minimum atomic E-state index is -0.426. The Morgan fingerprint density at radius 2 is 1.94 bits per heavy atom. The Kier molecular flexibility index (Phi) is 7.87. The van der Waals surface area contributed by atoms with Crippen molar-refractivity contribution in [2.75, 3.05) is 36.4 Å². The van der Waals surface area contributed by atoms with Gasteiger partial charge in [0.05, 0.1) is 12.1 Å². The fourth-order valence-electron chi connectivity index (χ4n) is 4.50. The molecule has 1 aromatic heterocycles. The molecule has 2 saturated heterocycles. The molecule has 2 aromatic rings. The maximum atomic E-state index is 12.7. The number of nitrogens with one attached hydrogen (secondary N) is 1. The van der Waals surface area contributed by atoms with Crippen LogP contribution in [0.3, 0.4) is 0 Å². The van der Waals surface area contributed by atoms with E-state index in [1.807, 2.05) is 54.3 Å². The van der Waals surface area contributed by atoms with Gasteiger partial charge in [0.25, 0.3) is 5.91 Å². The Bertz CT molecular complexity index is 932. The number of morpholine rings is 1.